The van der Waals surface area contributed by atoms with E-state index in [4.69, 9.17) is 0 Å². The monoisotopic (exact) mass is 334 g/mol. The van der Waals surface area contributed by atoms with Gasteiger partial charge in [0.1, 0.15) is 0 Å². The minimum Gasteiger partial charge on any atom is -0.550 e. The maximum Gasteiger partial charge on any atom is 2.00 e. The Morgan fingerprint density at radius 2 is 1.05 bits per heavy atom. The first-order chi connectivity index (χ1) is 9.44. The average Bonchev–Trinajstić information content (AvgIpc) is 2.40. The van der Waals surface area contributed by atoms with Crippen LogP contribution in [0.5, 0.6) is 0 Å². The predicted molar refractivity (Wildman–Crippen MR) is 76.6 cm³/mol. The summed E-state index contributed by atoms with van der Waals surface area (Å²) in [5.74, 6) is -2.23. The van der Waals surface area contributed by atoms with Crippen molar-refractivity contribution in [2.45, 2.75) is 79.1 Å². The number of hydrogen-bond donors (Lipinski definition) is 0. The molecule has 21 heavy (non-hydrogen) atoms. The van der Waals surface area contributed by atoms with E-state index in [9.17, 15) is 19.8 Å². The van der Waals surface area contributed by atoms with Crippen molar-refractivity contribution in [2.75, 3.05) is 0 Å². The molecule has 0 aliphatic carbocycles. The van der Waals surface area contributed by atoms with Crippen LogP contribution in [0.4, 0.5) is 0 Å². The Balaban J connectivity index is -0.000000295. The van der Waals surface area contributed by atoms with E-state index in [1.807, 2.05) is 13.8 Å². The van der Waals surface area contributed by atoms with Crippen molar-refractivity contribution in [2.24, 2.45) is 11.8 Å². The summed E-state index contributed by atoms with van der Waals surface area (Å²) in [5, 5.41) is 20.7. The quantitative estimate of drug-likeness (QED) is 0.572. The molecule has 2 unspecified atom stereocenters. The number of unbranched alkanes of at least 4 members (excludes halogenated alkanes) is 2. The van der Waals surface area contributed by atoms with Crippen molar-refractivity contribution in [3.05, 3.63) is 0 Å². The second-order valence-corrected chi connectivity index (χ2v) is 5.13. The second kappa shape index (κ2) is 17.7. The SMILES string of the molecule is CCCCC(CC)C(=O)[O-].CCCCC(CC)C(=O)[O-].[Ti+2]. The van der Waals surface area contributed by atoms with Crippen molar-refractivity contribution >= 4 is 11.9 Å². The van der Waals surface area contributed by atoms with Crippen LogP contribution in [0, 0.1) is 11.8 Å². The standard InChI is InChI=1S/2C8H16O2.Ti/c2*1-3-5-6-7(4-2)8(9)10;/h2*7H,3-6H2,1-2H3,(H,9,10);/q;;+2/p-2. The fraction of sp³-hybridized carbons (Fsp3) is 0.875. The van der Waals surface area contributed by atoms with E-state index in [2.05, 4.69) is 13.8 Å². The Hall–Kier alpha value is -0.346. The molecular formula is C16H30O4Ti. The summed E-state index contributed by atoms with van der Waals surface area (Å²) < 4.78 is 0. The van der Waals surface area contributed by atoms with Crippen LogP contribution < -0.4 is 10.2 Å². The van der Waals surface area contributed by atoms with Crippen LogP contribution in [-0.2, 0) is 31.3 Å². The normalized spacial score (nSPS) is 12.4. The van der Waals surface area contributed by atoms with E-state index in [-0.39, 0.29) is 33.6 Å². The van der Waals surface area contributed by atoms with Gasteiger partial charge in [-0.2, -0.15) is 0 Å². The molecule has 2 atom stereocenters. The third-order valence-electron chi connectivity index (χ3n) is 3.46. The molecular weight excluding hydrogens is 304 g/mol. The number of carboxylic acid groups (broad SMARTS) is 2. The molecule has 0 radical (unpaired) electrons. The van der Waals surface area contributed by atoms with Crippen molar-refractivity contribution in [3.63, 3.8) is 0 Å². The van der Waals surface area contributed by atoms with Gasteiger partial charge < -0.3 is 19.8 Å². The van der Waals surface area contributed by atoms with Crippen molar-refractivity contribution in [1.29, 1.82) is 0 Å². The smallest absolute Gasteiger partial charge is 0.550 e. The Kier molecular flexibility index (Phi) is 21.6. The Morgan fingerprint density at radius 3 is 1.19 bits per heavy atom. The van der Waals surface area contributed by atoms with Gasteiger partial charge in [-0.3, -0.25) is 0 Å². The maximum absolute atomic E-state index is 10.3. The molecule has 0 saturated carbocycles. The van der Waals surface area contributed by atoms with E-state index < -0.39 is 11.9 Å². The van der Waals surface area contributed by atoms with Gasteiger partial charge in [-0.1, -0.05) is 53.4 Å². The zero-order valence-electron chi connectivity index (χ0n) is 13.9. The molecule has 122 valence electrons. The van der Waals surface area contributed by atoms with Gasteiger partial charge in [-0.05, 0) is 37.5 Å². The van der Waals surface area contributed by atoms with Crippen LogP contribution in [0.15, 0.2) is 0 Å². The first-order valence-corrected chi connectivity index (χ1v) is 7.86. The molecule has 0 saturated heterocycles. The first-order valence-electron chi connectivity index (χ1n) is 7.86. The third kappa shape index (κ3) is 15.9. The fourth-order valence-corrected chi connectivity index (χ4v) is 1.88. The molecule has 0 aromatic carbocycles. The van der Waals surface area contributed by atoms with Crippen LogP contribution in [0.3, 0.4) is 0 Å². The topological polar surface area (TPSA) is 80.3 Å². The molecule has 0 bridgehead atoms. The second-order valence-electron chi connectivity index (χ2n) is 5.13. The van der Waals surface area contributed by atoms with E-state index in [0.717, 1.165) is 38.5 Å². The molecule has 0 heterocycles. The van der Waals surface area contributed by atoms with Crippen LogP contribution in [0.1, 0.15) is 79.1 Å². The molecule has 0 aliphatic rings. The van der Waals surface area contributed by atoms with E-state index in [0.29, 0.717) is 12.8 Å². The Bertz CT molecular complexity index is 231. The molecule has 0 N–H and O–H groups in total. The zero-order valence-corrected chi connectivity index (χ0v) is 15.5. The minimum absolute atomic E-state index is 0. The molecule has 0 rings (SSSR count). The molecule has 0 aromatic rings. The van der Waals surface area contributed by atoms with E-state index in [1.165, 1.54) is 0 Å². The summed E-state index contributed by atoms with van der Waals surface area (Å²) in [7, 11) is 0. The number of carboxylic acids is 2. The molecule has 0 aliphatic heterocycles. The molecule has 0 amide bonds. The van der Waals surface area contributed by atoms with Crippen molar-refractivity contribution < 1.29 is 41.5 Å². The summed E-state index contributed by atoms with van der Waals surface area (Å²) >= 11 is 0. The maximum atomic E-state index is 10.3. The summed E-state index contributed by atoms with van der Waals surface area (Å²) in [6.07, 6.45) is 7.04. The minimum atomic E-state index is -0.893. The summed E-state index contributed by atoms with van der Waals surface area (Å²) in [6, 6.07) is 0. The summed E-state index contributed by atoms with van der Waals surface area (Å²) in [6.45, 7) is 7.89. The van der Waals surface area contributed by atoms with Gasteiger partial charge in [-0.15, -0.1) is 0 Å². The van der Waals surface area contributed by atoms with Crippen molar-refractivity contribution in [3.8, 4) is 0 Å². The van der Waals surface area contributed by atoms with Gasteiger partial charge in [0, 0.05) is 11.9 Å². The summed E-state index contributed by atoms with van der Waals surface area (Å²) in [4.78, 5) is 20.7. The van der Waals surface area contributed by atoms with E-state index >= 15 is 0 Å². The molecule has 0 fully saturated rings. The fourth-order valence-electron chi connectivity index (χ4n) is 1.88. The van der Waals surface area contributed by atoms with Crippen molar-refractivity contribution in [1.82, 2.24) is 0 Å². The van der Waals surface area contributed by atoms with Gasteiger partial charge in [0.15, 0.2) is 0 Å². The predicted octanol–water partition coefficient (Wildman–Crippen LogP) is 1.90. The number of carbonyl (C=O) groups excluding carboxylic acids is 2. The van der Waals surface area contributed by atoms with Gasteiger partial charge in [0.2, 0.25) is 0 Å². The number of hydrogen-bond acceptors (Lipinski definition) is 4. The number of aliphatic carboxylic acids is 2. The average molecular weight is 334 g/mol. The first kappa shape index (κ1) is 25.6. The molecule has 4 nitrogen and oxygen atoms in total. The van der Waals surface area contributed by atoms with Crippen LogP contribution in [-0.4, -0.2) is 11.9 Å². The van der Waals surface area contributed by atoms with Gasteiger partial charge in [-0.25, -0.2) is 0 Å². The summed E-state index contributed by atoms with van der Waals surface area (Å²) in [5.41, 5.74) is 0. The van der Waals surface area contributed by atoms with Crippen LogP contribution in [0.2, 0.25) is 0 Å². The third-order valence-corrected chi connectivity index (χ3v) is 3.46. The van der Waals surface area contributed by atoms with Crippen LogP contribution >= 0.6 is 0 Å². The molecule has 5 heteroatoms. The number of rotatable bonds is 10. The van der Waals surface area contributed by atoms with Crippen LogP contribution in [0.25, 0.3) is 0 Å². The molecule has 0 aromatic heterocycles. The van der Waals surface area contributed by atoms with E-state index in [1.54, 1.807) is 0 Å². The largest absolute Gasteiger partial charge is 2.00 e. The number of carbonyl (C=O) groups is 2. The van der Waals surface area contributed by atoms with Gasteiger partial charge in [0.05, 0.1) is 0 Å². The Labute approximate surface area is 144 Å². The van der Waals surface area contributed by atoms with Gasteiger partial charge in [0.25, 0.3) is 0 Å². The van der Waals surface area contributed by atoms with Gasteiger partial charge >= 0.3 is 21.7 Å². The zero-order chi connectivity index (χ0) is 16.0. The molecule has 0 spiro atoms. The Morgan fingerprint density at radius 1 is 0.762 bits per heavy atom.